The van der Waals surface area contributed by atoms with Crippen molar-refractivity contribution in [3.05, 3.63) is 35.4 Å². The summed E-state index contributed by atoms with van der Waals surface area (Å²) in [5.41, 5.74) is 1.33. The summed E-state index contributed by atoms with van der Waals surface area (Å²) in [7, 11) is 0. The zero-order valence-corrected chi connectivity index (χ0v) is 11.2. The fourth-order valence-corrected chi connectivity index (χ4v) is 2.25. The Morgan fingerprint density at radius 3 is 2.62 bits per heavy atom. The number of benzene rings is 1. The van der Waals surface area contributed by atoms with Crippen LogP contribution in [0.15, 0.2) is 24.3 Å². The number of urea groups is 1. The van der Waals surface area contributed by atoms with Gasteiger partial charge in [-0.15, -0.1) is 0 Å². The molecule has 7 heteroatoms. The molecule has 2 unspecified atom stereocenters. The van der Waals surface area contributed by atoms with E-state index in [4.69, 9.17) is 10.4 Å². The highest BCUT2D eigenvalue weighted by molar-refractivity contribution is 5.83. The highest BCUT2D eigenvalue weighted by Crippen LogP contribution is 2.18. The molecule has 110 valence electrons. The zero-order chi connectivity index (χ0) is 15.4. The molecule has 1 aliphatic rings. The number of nitrogens with zero attached hydrogens (tertiary/aromatic N) is 2. The number of nitrogens with one attached hydrogen (secondary N) is 1. The molecule has 1 saturated heterocycles. The lowest BCUT2D eigenvalue weighted by molar-refractivity contribution is -0.141. The van der Waals surface area contributed by atoms with Gasteiger partial charge in [-0.2, -0.15) is 5.26 Å². The van der Waals surface area contributed by atoms with E-state index < -0.39 is 24.1 Å². The van der Waals surface area contributed by atoms with Gasteiger partial charge in [0.25, 0.3) is 0 Å². The summed E-state index contributed by atoms with van der Waals surface area (Å²) in [4.78, 5) is 24.2. The van der Waals surface area contributed by atoms with Crippen molar-refractivity contribution in [1.29, 1.82) is 5.26 Å². The Balaban J connectivity index is 1.94. The topological polar surface area (TPSA) is 114 Å². The molecule has 0 spiro atoms. The van der Waals surface area contributed by atoms with E-state index in [0.29, 0.717) is 5.56 Å². The highest BCUT2D eigenvalue weighted by atomic mass is 16.4. The quantitative estimate of drug-likeness (QED) is 0.740. The number of nitriles is 1. The molecule has 0 bridgehead atoms. The van der Waals surface area contributed by atoms with E-state index in [1.807, 2.05) is 6.07 Å². The van der Waals surface area contributed by atoms with Crippen LogP contribution in [0, 0.1) is 11.3 Å². The van der Waals surface area contributed by atoms with Crippen LogP contribution >= 0.6 is 0 Å². The van der Waals surface area contributed by atoms with Crippen molar-refractivity contribution in [2.45, 2.75) is 25.1 Å². The number of likely N-dealkylation sites (tertiary alicyclic amines) is 1. The van der Waals surface area contributed by atoms with Crippen LogP contribution in [0.5, 0.6) is 0 Å². The minimum absolute atomic E-state index is 0.0101. The molecule has 1 aromatic rings. The monoisotopic (exact) mass is 289 g/mol. The van der Waals surface area contributed by atoms with Crippen molar-refractivity contribution in [2.75, 3.05) is 6.54 Å². The van der Waals surface area contributed by atoms with Crippen LogP contribution in [0.4, 0.5) is 4.79 Å². The molecule has 1 heterocycles. The number of aliphatic carboxylic acids is 1. The van der Waals surface area contributed by atoms with Crippen LogP contribution in [0.3, 0.4) is 0 Å². The van der Waals surface area contributed by atoms with Gasteiger partial charge < -0.3 is 20.4 Å². The maximum absolute atomic E-state index is 12.0. The zero-order valence-electron chi connectivity index (χ0n) is 11.2. The van der Waals surface area contributed by atoms with Crippen molar-refractivity contribution in [2.24, 2.45) is 0 Å². The normalized spacial score (nSPS) is 20.9. The van der Waals surface area contributed by atoms with Gasteiger partial charge in [0.2, 0.25) is 0 Å². The van der Waals surface area contributed by atoms with Crippen molar-refractivity contribution < 1.29 is 19.8 Å². The Bertz CT molecular complexity index is 579. The third-order valence-corrected chi connectivity index (χ3v) is 3.35. The van der Waals surface area contributed by atoms with Gasteiger partial charge in [-0.25, -0.2) is 9.59 Å². The Morgan fingerprint density at radius 2 is 2.05 bits per heavy atom. The molecule has 1 aromatic carbocycles. The first-order valence-electron chi connectivity index (χ1n) is 6.45. The summed E-state index contributed by atoms with van der Waals surface area (Å²) in [6.45, 7) is 0.236. The second kappa shape index (κ2) is 6.24. The molecule has 1 aliphatic heterocycles. The molecule has 0 radical (unpaired) electrons. The summed E-state index contributed by atoms with van der Waals surface area (Å²) in [6, 6.07) is 7.18. The predicted octanol–water partition coefficient (Wildman–Crippen LogP) is 0.288. The number of carbonyl (C=O) groups is 2. The van der Waals surface area contributed by atoms with E-state index in [1.54, 1.807) is 24.3 Å². The van der Waals surface area contributed by atoms with Crippen LogP contribution in [0.25, 0.3) is 0 Å². The minimum Gasteiger partial charge on any atom is -0.480 e. The first-order chi connectivity index (χ1) is 10.0. The maximum atomic E-state index is 12.0. The molecular weight excluding hydrogens is 274 g/mol. The number of carboxylic acid groups (broad SMARTS) is 1. The van der Waals surface area contributed by atoms with Crippen molar-refractivity contribution in [3.63, 3.8) is 0 Å². The van der Waals surface area contributed by atoms with Gasteiger partial charge >= 0.3 is 12.0 Å². The molecule has 21 heavy (non-hydrogen) atoms. The second-order valence-corrected chi connectivity index (χ2v) is 4.86. The van der Waals surface area contributed by atoms with Gasteiger partial charge in [0, 0.05) is 19.5 Å². The second-order valence-electron chi connectivity index (χ2n) is 4.86. The lowest BCUT2D eigenvalue weighted by Gasteiger charge is -2.21. The van der Waals surface area contributed by atoms with Crippen LogP contribution in [0.1, 0.15) is 17.5 Å². The van der Waals surface area contributed by atoms with Gasteiger partial charge in [0.1, 0.15) is 6.04 Å². The average molecular weight is 289 g/mol. The van der Waals surface area contributed by atoms with Crippen LogP contribution in [0.2, 0.25) is 0 Å². The van der Waals surface area contributed by atoms with Gasteiger partial charge in [0.15, 0.2) is 0 Å². The molecule has 1 fully saturated rings. The summed E-state index contributed by atoms with van der Waals surface area (Å²) < 4.78 is 0. The Kier molecular flexibility index (Phi) is 4.40. The lowest BCUT2D eigenvalue weighted by atomic mass is 10.1. The number of aliphatic hydroxyl groups is 1. The van der Waals surface area contributed by atoms with E-state index in [0.717, 1.165) is 10.5 Å². The summed E-state index contributed by atoms with van der Waals surface area (Å²) in [5.74, 6) is -1.12. The smallest absolute Gasteiger partial charge is 0.326 e. The van der Waals surface area contributed by atoms with Crippen molar-refractivity contribution >= 4 is 12.0 Å². The molecule has 2 rings (SSSR count). The largest absolute Gasteiger partial charge is 0.480 e. The predicted molar refractivity (Wildman–Crippen MR) is 72.1 cm³/mol. The minimum atomic E-state index is -1.12. The number of hydrogen-bond acceptors (Lipinski definition) is 4. The van der Waals surface area contributed by atoms with Crippen LogP contribution in [-0.4, -0.2) is 45.8 Å². The fourth-order valence-electron chi connectivity index (χ4n) is 2.25. The van der Waals surface area contributed by atoms with Gasteiger partial charge in [-0.1, -0.05) is 12.1 Å². The third kappa shape index (κ3) is 3.49. The molecule has 3 N–H and O–H groups in total. The van der Waals surface area contributed by atoms with Crippen LogP contribution < -0.4 is 5.32 Å². The summed E-state index contributed by atoms with van der Waals surface area (Å²) in [6.07, 6.45) is -0.772. The standard InChI is InChI=1S/C14H15N3O4/c15-6-9-1-3-10(4-2-9)7-16-14(21)17-8-11(18)5-12(17)13(19)20/h1-4,11-12,18H,5,7-8H2,(H,16,21)(H,19,20). The van der Waals surface area contributed by atoms with Gasteiger partial charge in [-0.05, 0) is 17.7 Å². The number of β-amino-alcohol motifs (C(OH)–C–C–N with tert-alkyl or cyclic N) is 1. The van der Waals surface area contributed by atoms with E-state index in [-0.39, 0.29) is 19.5 Å². The molecule has 7 nitrogen and oxygen atoms in total. The third-order valence-electron chi connectivity index (χ3n) is 3.35. The Morgan fingerprint density at radius 1 is 1.38 bits per heavy atom. The Hall–Kier alpha value is -2.59. The molecular formula is C14H15N3O4. The lowest BCUT2D eigenvalue weighted by Crippen LogP contribution is -2.45. The van der Waals surface area contributed by atoms with E-state index in [9.17, 15) is 14.7 Å². The summed E-state index contributed by atoms with van der Waals surface area (Å²) >= 11 is 0. The van der Waals surface area contributed by atoms with E-state index in [2.05, 4.69) is 5.32 Å². The van der Waals surface area contributed by atoms with E-state index in [1.165, 1.54) is 0 Å². The summed E-state index contributed by atoms with van der Waals surface area (Å²) in [5, 5.41) is 29.8. The highest BCUT2D eigenvalue weighted by Gasteiger charge is 2.38. The van der Waals surface area contributed by atoms with Crippen molar-refractivity contribution in [3.8, 4) is 6.07 Å². The van der Waals surface area contributed by atoms with E-state index >= 15 is 0 Å². The molecule has 0 aliphatic carbocycles. The van der Waals surface area contributed by atoms with Crippen molar-refractivity contribution in [1.82, 2.24) is 10.2 Å². The number of carboxylic acids is 1. The first-order valence-corrected chi connectivity index (χ1v) is 6.45. The van der Waals surface area contributed by atoms with Gasteiger partial charge in [0.05, 0.1) is 17.7 Å². The average Bonchev–Trinajstić information content (AvgIpc) is 2.87. The molecule has 2 amide bonds. The number of aliphatic hydroxyl groups excluding tert-OH is 1. The maximum Gasteiger partial charge on any atom is 0.326 e. The number of hydrogen-bond donors (Lipinski definition) is 3. The van der Waals surface area contributed by atoms with Crippen LogP contribution in [-0.2, 0) is 11.3 Å². The molecule has 2 atom stereocenters. The number of rotatable bonds is 3. The Labute approximate surface area is 121 Å². The number of amides is 2. The first kappa shape index (κ1) is 14.8. The fraction of sp³-hybridized carbons (Fsp3) is 0.357. The number of carbonyl (C=O) groups excluding carboxylic acids is 1. The van der Waals surface area contributed by atoms with Gasteiger partial charge in [-0.3, -0.25) is 0 Å². The SMILES string of the molecule is N#Cc1ccc(CNC(=O)N2CC(O)CC2C(=O)O)cc1. The molecule has 0 saturated carbocycles. The molecule has 0 aromatic heterocycles.